The van der Waals surface area contributed by atoms with E-state index in [-0.39, 0.29) is 5.91 Å². The van der Waals surface area contributed by atoms with Gasteiger partial charge in [-0.05, 0) is 42.8 Å². The zero-order valence-corrected chi connectivity index (χ0v) is 14.2. The molecule has 2 aromatic carbocycles. The standard InChI is InChI=1S/C18H20BrNO2/c1-2-3-6-13-22-17-8-5-4-7-16(17)18(21)20-15-11-9-14(19)10-12-15/h4-5,7-12H,2-3,6,13H2,1H3,(H,20,21). The number of hydrogen-bond acceptors (Lipinski definition) is 2. The monoisotopic (exact) mass is 361 g/mol. The van der Waals surface area contributed by atoms with Gasteiger partial charge in [-0.2, -0.15) is 0 Å². The molecule has 0 saturated carbocycles. The number of halogens is 1. The number of anilines is 1. The second kappa shape index (κ2) is 8.59. The van der Waals surface area contributed by atoms with Crippen LogP contribution in [0.25, 0.3) is 0 Å². The highest BCUT2D eigenvalue weighted by Gasteiger charge is 2.12. The average molecular weight is 362 g/mol. The van der Waals surface area contributed by atoms with Crippen molar-refractivity contribution in [2.24, 2.45) is 0 Å². The summed E-state index contributed by atoms with van der Waals surface area (Å²) < 4.78 is 6.73. The SMILES string of the molecule is CCCCCOc1ccccc1C(=O)Nc1ccc(Br)cc1. The number of carbonyl (C=O) groups is 1. The topological polar surface area (TPSA) is 38.3 Å². The van der Waals surface area contributed by atoms with E-state index in [2.05, 4.69) is 28.2 Å². The molecular formula is C18H20BrNO2. The van der Waals surface area contributed by atoms with Crippen LogP contribution >= 0.6 is 15.9 Å². The Kier molecular flexibility index (Phi) is 6.46. The van der Waals surface area contributed by atoms with Crippen LogP contribution in [0.1, 0.15) is 36.5 Å². The molecular weight excluding hydrogens is 342 g/mol. The molecule has 22 heavy (non-hydrogen) atoms. The first-order valence-electron chi connectivity index (χ1n) is 7.49. The Morgan fingerprint density at radius 2 is 1.82 bits per heavy atom. The van der Waals surface area contributed by atoms with Gasteiger partial charge >= 0.3 is 0 Å². The molecule has 0 atom stereocenters. The van der Waals surface area contributed by atoms with Gasteiger partial charge in [-0.15, -0.1) is 0 Å². The Bertz CT molecular complexity index is 611. The normalized spacial score (nSPS) is 10.3. The summed E-state index contributed by atoms with van der Waals surface area (Å²) in [6.45, 7) is 2.79. The molecule has 0 aliphatic carbocycles. The quantitative estimate of drug-likeness (QED) is 0.682. The molecule has 116 valence electrons. The number of para-hydroxylation sites is 1. The molecule has 2 rings (SSSR count). The van der Waals surface area contributed by atoms with Gasteiger partial charge in [0.15, 0.2) is 0 Å². The van der Waals surface area contributed by atoms with Gasteiger partial charge < -0.3 is 10.1 Å². The van der Waals surface area contributed by atoms with Crippen LogP contribution in [0.4, 0.5) is 5.69 Å². The molecule has 0 spiro atoms. The van der Waals surface area contributed by atoms with Crippen LogP contribution in [0, 0.1) is 0 Å². The second-order valence-electron chi connectivity index (χ2n) is 5.01. The predicted molar refractivity (Wildman–Crippen MR) is 93.6 cm³/mol. The van der Waals surface area contributed by atoms with Crippen LogP contribution in [0.2, 0.25) is 0 Å². The zero-order valence-electron chi connectivity index (χ0n) is 12.6. The lowest BCUT2D eigenvalue weighted by atomic mass is 10.2. The number of rotatable bonds is 7. The molecule has 0 saturated heterocycles. The molecule has 0 bridgehead atoms. The molecule has 0 unspecified atom stereocenters. The second-order valence-corrected chi connectivity index (χ2v) is 5.93. The number of hydrogen-bond donors (Lipinski definition) is 1. The molecule has 1 amide bonds. The summed E-state index contributed by atoms with van der Waals surface area (Å²) in [5, 5.41) is 2.89. The molecule has 0 aliphatic rings. The maximum absolute atomic E-state index is 12.4. The van der Waals surface area contributed by atoms with Crippen molar-refractivity contribution in [3.05, 3.63) is 58.6 Å². The average Bonchev–Trinajstić information content (AvgIpc) is 2.54. The molecule has 2 aromatic rings. The minimum absolute atomic E-state index is 0.159. The molecule has 1 N–H and O–H groups in total. The van der Waals surface area contributed by atoms with Crippen LogP contribution in [-0.4, -0.2) is 12.5 Å². The zero-order chi connectivity index (χ0) is 15.8. The van der Waals surface area contributed by atoms with Crippen molar-refractivity contribution >= 4 is 27.5 Å². The van der Waals surface area contributed by atoms with Crippen molar-refractivity contribution in [2.75, 3.05) is 11.9 Å². The smallest absolute Gasteiger partial charge is 0.259 e. The first-order valence-corrected chi connectivity index (χ1v) is 8.28. The first-order chi connectivity index (χ1) is 10.7. The van der Waals surface area contributed by atoms with Gasteiger partial charge in [0.25, 0.3) is 5.91 Å². The third kappa shape index (κ3) is 4.88. The lowest BCUT2D eigenvalue weighted by Crippen LogP contribution is -2.13. The van der Waals surface area contributed by atoms with E-state index >= 15 is 0 Å². The summed E-state index contributed by atoms with van der Waals surface area (Å²) in [4.78, 5) is 12.4. The Morgan fingerprint density at radius 1 is 1.09 bits per heavy atom. The van der Waals surface area contributed by atoms with Crippen molar-refractivity contribution in [3.8, 4) is 5.75 Å². The van der Waals surface area contributed by atoms with Gasteiger partial charge in [0.1, 0.15) is 5.75 Å². The van der Waals surface area contributed by atoms with Gasteiger partial charge in [0, 0.05) is 10.2 Å². The number of unbranched alkanes of at least 4 members (excludes halogenated alkanes) is 2. The molecule has 0 radical (unpaired) electrons. The Balaban J connectivity index is 2.03. The highest BCUT2D eigenvalue weighted by Crippen LogP contribution is 2.21. The predicted octanol–water partition coefficient (Wildman–Crippen LogP) is 5.27. The summed E-state index contributed by atoms with van der Waals surface area (Å²) in [7, 11) is 0. The third-order valence-electron chi connectivity index (χ3n) is 3.24. The number of ether oxygens (including phenoxy) is 1. The number of amides is 1. The number of nitrogens with one attached hydrogen (secondary N) is 1. The molecule has 0 aliphatic heterocycles. The third-order valence-corrected chi connectivity index (χ3v) is 3.77. The highest BCUT2D eigenvalue weighted by molar-refractivity contribution is 9.10. The Labute approximate surface area is 139 Å². The van der Waals surface area contributed by atoms with Crippen molar-refractivity contribution in [1.29, 1.82) is 0 Å². The highest BCUT2D eigenvalue weighted by atomic mass is 79.9. The van der Waals surface area contributed by atoms with E-state index in [1.165, 1.54) is 0 Å². The van der Waals surface area contributed by atoms with Crippen LogP contribution < -0.4 is 10.1 Å². The summed E-state index contributed by atoms with van der Waals surface area (Å²) in [5.74, 6) is 0.474. The van der Waals surface area contributed by atoms with E-state index < -0.39 is 0 Å². The number of benzene rings is 2. The van der Waals surface area contributed by atoms with Crippen LogP contribution in [0.3, 0.4) is 0 Å². The van der Waals surface area contributed by atoms with Crippen molar-refractivity contribution < 1.29 is 9.53 Å². The fraction of sp³-hybridized carbons (Fsp3) is 0.278. The largest absolute Gasteiger partial charge is 0.493 e. The van der Waals surface area contributed by atoms with Crippen LogP contribution in [-0.2, 0) is 0 Å². The van der Waals surface area contributed by atoms with E-state index in [4.69, 9.17) is 4.74 Å². The van der Waals surface area contributed by atoms with Gasteiger partial charge in [0.05, 0.1) is 12.2 Å². The maximum Gasteiger partial charge on any atom is 0.259 e. The fourth-order valence-electron chi connectivity index (χ4n) is 2.05. The van der Waals surface area contributed by atoms with E-state index in [1.54, 1.807) is 6.07 Å². The summed E-state index contributed by atoms with van der Waals surface area (Å²) >= 11 is 3.38. The fourth-order valence-corrected chi connectivity index (χ4v) is 2.31. The van der Waals surface area contributed by atoms with Gasteiger partial charge in [0.2, 0.25) is 0 Å². The lowest BCUT2D eigenvalue weighted by molar-refractivity contribution is 0.102. The van der Waals surface area contributed by atoms with Crippen molar-refractivity contribution in [1.82, 2.24) is 0 Å². The molecule has 4 heteroatoms. The number of carbonyl (C=O) groups excluding carboxylic acids is 1. The first kappa shape index (κ1) is 16.6. The van der Waals surface area contributed by atoms with E-state index in [9.17, 15) is 4.79 Å². The van der Waals surface area contributed by atoms with Gasteiger partial charge in [-0.1, -0.05) is 47.8 Å². The molecule has 0 fully saturated rings. The van der Waals surface area contributed by atoms with E-state index in [0.717, 1.165) is 29.4 Å². The van der Waals surface area contributed by atoms with E-state index in [0.29, 0.717) is 17.9 Å². The molecule has 0 aromatic heterocycles. The summed E-state index contributed by atoms with van der Waals surface area (Å²) in [5.41, 5.74) is 1.32. The van der Waals surface area contributed by atoms with Gasteiger partial charge in [-0.25, -0.2) is 0 Å². The van der Waals surface area contributed by atoms with Crippen molar-refractivity contribution in [2.45, 2.75) is 26.2 Å². The Hall–Kier alpha value is -1.81. The maximum atomic E-state index is 12.4. The Morgan fingerprint density at radius 3 is 2.55 bits per heavy atom. The lowest BCUT2D eigenvalue weighted by Gasteiger charge is -2.11. The molecule has 3 nitrogen and oxygen atoms in total. The van der Waals surface area contributed by atoms with Crippen LogP contribution in [0.15, 0.2) is 53.0 Å². The molecule has 0 heterocycles. The van der Waals surface area contributed by atoms with E-state index in [1.807, 2.05) is 42.5 Å². The van der Waals surface area contributed by atoms with Crippen LogP contribution in [0.5, 0.6) is 5.75 Å². The summed E-state index contributed by atoms with van der Waals surface area (Å²) in [6.07, 6.45) is 3.28. The summed E-state index contributed by atoms with van der Waals surface area (Å²) in [6, 6.07) is 14.8. The minimum atomic E-state index is -0.159. The van der Waals surface area contributed by atoms with Gasteiger partial charge in [-0.3, -0.25) is 4.79 Å². The minimum Gasteiger partial charge on any atom is -0.493 e. The van der Waals surface area contributed by atoms with Crippen molar-refractivity contribution in [3.63, 3.8) is 0 Å².